The molecule has 4 atom stereocenters. The number of aryl methyl sites for hydroxylation is 1. The lowest BCUT2D eigenvalue weighted by molar-refractivity contribution is -0.129. The van der Waals surface area contributed by atoms with E-state index >= 15 is 0 Å². The van der Waals surface area contributed by atoms with E-state index < -0.39 is 0 Å². The molecule has 4 rings (SSSR count). The zero-order valence-corrected chi connectivity index (χ0v) is 16.6. The Balaban J connectivity index is 1.82. The maximum Gasteiger partial charge on any atom is 0.226 e. The molecule has 0 aromatic heterocycles. The van der Waals surface area contributed by atoms with Gasteiger partial charge in [-0.15, -0.1) is 0 Å². The van der Waals surface area contributed by atoms with Crippen LogP contribution in [-0.4, -0.2) is 12.5 Å². The minimum atomic E-state index is -0.308. The Morgan fingerprint density at radius 2 is 1.85 bits per heavy atom. The molecule has 1 aliphatic heterocycles. The fourth-order valence-electron chi connectivity index (χ4n) is 4.97. The third-order valence-corrected chi connectivity index (χ3v) is 7.05. The molecule has 0 bridgehead atoms. The number of fused-ring (bicyclic) bond motifs is 1. The van der Waals surface area contributed by atoms with Gasteiger partial charge in [-0.2, -0.15) is 0 Å². The van der Waals surface area contributed by atoms with Gasteiger partial charge >= 0.3 is 0 Å². The van der Waals surface area contributed by atoms with Gasteiger partial charge in [-0.3, -0.25) is 4.79 Å². The third kappa shape index (κ3) is 2.84. The first-order chi connectivity index (χ1) is 12.4. The average molecular weight is 388 g/mol. The van der Waals surface area contributed by atoms with Gasteiger partial charge in [-0.1, -0.05) is 54.4 Å². The molecule has 2 fully saturated rings. The van der Waals surface area contributed by atoms with Crippen molar-refractivity contribution >= 4 is 29.1 Å². The molecule has 1 aliphatic carbocycles. The highest BCUT2D eigenvalue weighted by Crippen LogP contribution is 2.57. The molecule has 1 amide bonds. The number of benzene rings is 2. The molecule has 0 radical (unpaired) electrons. The van der Waals surface area contributed by atoms with Gasteiger partial charge < -0.3 is 5.32 Å². The summed E-state index contributed by atoms with van der Waals surface area (Å²) in [4.78, 5) is 12.6. The quantitative estimate of drug-likeness (QED) is 0.701. The second-order valence-electron chi connectivity index (χ2n) is 7.98. The Morgan fingerprint density at radius 3 is 2.54 bits per heavy atom. The molecule has 4 unspecified atom stereocenters. The van der Waals surface area contributed by atoms with Gasteiger partial charge in [-0.05, 0) is 72.4 Å². The van der Waals surface area contributed by atoms with Crippen LogP contribution in [0.3, 0.4) is 0 Å². The van der Waals surface area contributed by atoms with Gasteiger partial charge in [0.15, 0.2) is 0 Å². The second kappa shape index (κ2) is 6.58. The number of hydrogen-bond acceptors (Lipinski definition) is 1. The standard InChI is InChI=1S/C22H23Cl2NO/c1-13-3-8-16(19(24)11-13)17-9-10-22(2)18(12-25-21(22)26)20(17)14-4-6-15(23)7-5-14/h3-8,11,17-18,20H,9-10,12H2,1-2H3,(H,25,26). The number of carbonyl (C=O) groups is 1. The number of carbonyl (C=O) groups excluding carboxylic acids is 1. The maximum absolute atomic E-state index is 12.6. The largest absolute Gasteiger partial charge is 0.355 e. The summed E-state index contributed by atoms with van der Waals surface area (Å²) in [6.45, 7) is 4.91. The molecule has 4 heteroatoms. The number of amides is 1. The van der Waals surface area contributed by atoms with Crippen molar-refractivity contribution < 1.29 is 4.79 Å². The van der Waals surface area contributed by atoms with Gasteiger partial charge in [0.25, 0.3) is 0 Å². The van der Waals surface area contributed by atoms with Crippen molar-refractivity contribution in [3.8, 4) is 0 Å². The second-order valence-corrected chi connectivity index (χ2v) is 8.83. The van der Waals surface area contributed by atoms with Crippen LogP contribution < -0.4 is 5.32 Å². The summed E-state index contributed by atoms with van der Waals surface area (Å²) >= 11 is 12.8. The maximum atomic E-state index is 12.6. The third-order valence-electron chi connectivity index (χ3n) is 6.47. The molecule has 1 saturated heterocycles. The van der Waals surface area contributed by atoms with E-state index in [4.69, 9.17) is 23.2 Å². The molecular formula is C22H23Cl2NO. The summed E-state index contributed by atoms with van der Waals surface area (Å²) in [5, 5.41) is 4.67. The molecule has 2 aromatic rings. The van der Waals surface area contributed by atoms with Crippen LogP contribution >= 0.6 is 23.2 Å². The molecule has 26 heavy (non-hydrogen) atoms. The Bertz CT molecular complexity index is 848. The summed E-state index contributed by atoms with van der Waals surface area (Å²) in [5.74, 6) is 0.988. The Morgan fingerprint density at radius 1 is 1.12 bits per heavy atom. The highest BCUT2D eigenvalue weighted by molar-refractivity contribution is 6.31. The van der Waals surface area contributed by atoms with Gasteiger partial charge in [0, 0.05) is 16.6 Å². The zero-order valence-electron chi connectivity index (χ0n) is 15.1. The van der Waals surface area contributed by atoms with Crippen molar-refractivity contribution in [1.82, 2.24) is 5.32 Å². The molecule has 1 N–H and O–H groups in total. The summed E-state index contributed by atoms with van der Waals surface area (Å²) in [6, 6.07) is 14.4. The predicted octanol–water partition coefficient (Wildman–Crippen LogP) is 5.72. The Hall–Kier alpha value is -1.51. The van der Waals surface area contributed by atoms with Crippen LogP contribution in [0.4, 0.5) is 0 Å². The summed E-state index contributed by atoms with van der Waals surface area (Å²) < 4.78 is 0. The lowest BCUT2D eigenvalue weighted by Crippen LogP contribution is -2.41. The molecule has 2 aromatic carbocycles. The van der Waals surface area contributed by atoms with Crippen LogP contribution in [0.5, 0.6) is 0 Å². The molecule has 1 saturated carbocycles. The number of rotatable bonds is 2. The van der Waals surface area contributed by atoms with Gasteiger partial charge in [0.1, 0.15) is 0 Å². The number of halogens is 2. The molecule has 1 heterocycles. The van der Waals surface area contributed by atoms with Crippen LogP contribution in [0.1, 0.15) is 48.3 Å². The fraction of sp³-hybridized carbons (Fsp3) is 0.409. The normalized spacial score (nSPS) is 30.8. The Labute approximate surface area is 164 Å². The van der Waals surface area contributed by atoms with E-state index in [0.717, 1.165) is 29.4 Å². The highest BCUT2D eigenvalue weighted by atomic mass is 35.5. The van der Waals surface area contributed by atoms with E-state index in [2.05, 4.69) is 43.4 Å². The van der Waals surface area contributed by atoms with Crippen molar-refractivity contribution in [3.05, 3.63) is 69.2 Å². The van der Waals surface area contributed by atoms with Crippen LogP contribution in [0.15, 0.2) is 42.5 Å². The monoisotopic (exact) mass is 387 g/mol. The minimum absolute atomic E-state index is 0.190. The zero-order chi connectivity index (χ0) is 18.5. The molecular weight excluding hydrogens is 365 g/mol. The minimum Gasteiger partial charge on any atom is -0.355 e. The smallest absolute Gasteiger partial charge is 0.226 e. The van der Waals surface area contributed by atoms with Crippen molar-refractivity contribution in [2.45, 2.75) is 38.5 Å². The molecule has 0 spiro atoms. The van der Waals surface area contributed by atoms with Crippen molar-refractivity contribution in [1.29, 1.82) is 0 Å². The SMILES string of the molecule is Cc1ccc(C2CCC3(C)C(=O)NCC3C2c2ccc(Cl)cc2)c(Cl)c1. The van der Waals surface area contributed by atoms with Crippen LogP contribution in [0, 0.1) is 18.3 Å². The van der Waals surface area contributed by atoms with Gasteiger partial charge in [-0.25, -0.2) is 0 Å². The summed E-state index contributed by atoms with van der Waals surface area (Å²) in [7, 11) is 0. The Kier molecular flexibility index (Phi) is 4.53. The molecule has 136 valence electrons. The topological polar surface area (TPSA) is 29.1 Å². The van der Waals surface area contributed by atoms with Gasteiger partial charge in [0.2, 0.25) is 5.91 Å². The fourth-order valence-corrected chi connectivity index (χ4v) is 5.47. The first kappa shape index (κ1) is 17.9. The van der Waals surface area contributed by atoms with Crippen LogP contribution in [0.2, 0.25) is 10.0 Å². The van der Waals surface area contributed by atoms with Gasteiger partial charge in [0.05, 0.1) is 5.41 Å². The lowest BCUT2D eigenvalue weighted by Gasteiger charge is -2.45. The summed E-state index contributed by atoms with van der Waals surface area (Å²) in [5.41, 5.74) is 3.29. The predicted molar refractivity (Wildman–Crippen MR) is 107 cm³/mol. The lowest BCUT2D eigenvalue weighted by atomic mass is 9.57. The number of hydrogen-bond donors (Lipinski definition) is 1. The van der Waals surface area contributed by atoms with Crippen LogP contribution in [-0.2, 0) is 4.79 Å². The van der Waals surface area contributed by atoms with E-state index in [1.807, 2.05) is 18.2 Å². The van der Waals surface area contributed by atoms with Crippen LogP contribution in [0.25, 0.3) is 0 Å². The highest BCUT2D eigenvalue weighted by Gasteiger charge is 2.54. The average Bonchev–Trinajstić information content (AvgIpc) is 2.91. The number of nitrogens with one attached hydrogen (secondary N) is 1. The first-order valence-corrected chi connectivity index (χ1v) is 9.95. The van der Waals surface area contributed by atoms with E-state index in [-0.39, 0.29) is 23.2 Å². The van der Waals surface area contributed by atoms with E-state index in [9.17, 15) is 4.79 Å². The first-order valence-electron chi connectivity index (χ1n) is 9.20. The van der Waals surface area contributed by atoms with E-state index in [1.54, 1.807) is 0 Å². The van der Waals surface area contributed by atoms with E-state index in [1.165, 1.54) is 16.7 Å². The molecule has 2 nitrogen and oxygen atoms in total. The molecule has 2 aliphatic rings. The van der Waals surface area contributed by atoms with E-state index in [0.29, 0.717) is 5.92 Å². The van der Waals surface area contributed by atoms with Crippen molar-refractivity contribution in [2.24, 2.45) is 11.3 Å². The summed E-state index contributed by atoms with van der Waals surface area (Å²) in [6.07, 6.45) is 1.85. The van der Waals surface area contributed by atoms with Crippen molar-refractivity contribution in [3.63, 3.8) is 0 Å². The van der Waals surface area contributed by atoms with Crippen molar-refractivity contribution in [2.75, 3.05) is 6.54 Å².